The largest absolute Gasteiger partial charge is 0.374 e. The molecule has 2 amide bonds. The van der Waals surface area contributed by atoms with Crippen molar-refractivity contribution < 1.29 is 19.1 Å². The van der Waals surface area contributed by atoms with Gasteiger partial charge in [0, 0.05) is 58.4 Å². The number of rotatable bonds is 6. The molecule has 7 heteroatoms. The summed E-state index contributed by atoms with van der Waals surface area (Å²) in [5.41, 5.74) is 6.49. The van der Waals surface area contributed by atoms with Crippen molar-refractivity contribution in [1.29, 1.82) is 0 Å². The monoisotopic (exact) mass is 683 g/mol. The first-order chi connectivity index (χ1) is 25.6. The van der Waals surface area contributed by atoms with Gasteiger partial charge in [-0.1, -0.05) is 127 Å². The predicted molar refractivity (Wildman–Crippen MR) is 203 cm³/mol. The highest BCUT2D eigenvalue weighted by Gasteiger charge is 2.39. The number of aromatic nitrogens is 2. The Kier molecular flexibility index (Phi) is 8.15. The van der Waals surface area contributed by atoms with Crippen molar-refractivity contribution in [2.24, 2.45) is 0 Å². The van der Waals surface area contributed by atoms with Crippen LogP contribution >= 0.6 is 0 Å². The molecule has 0 radical (unpaired) electrons. The summed E-state index contributed by atoms with van der Waals surface area (Å²) in [7, 11) is 0. The molecule has 0 saturated heterocycles. The molecule has 4 heterocycles. The van der Waals surface area contributed by atoms with Gasteiger partial charge in [0.15, 0.2) is 0 Å². The van der Waals surface area contributed by atoms with Gasteiger partial charge < -0.3 is 18.6 Å². The Morgan fingerprint density at radius 1 is 0.596 bits per heavy atom. The van der Waals surface area contributed by atoms with Gasteiger partial charge in [-0.05, 0) is 35.2 Å². The summed E-state index contributed by atoms with van der Waals surface area (Å²) in [6.45, 7) is 1.93. The average Bonchev–Trinajstić information content (AvgIpc) is 3.84. The van der Waals surface area contributed by atoms with Crippen molar-refractivity contribution in [3.05, 3.63) is 180 Å². The molecular formula is C45H37N3O4. The number of hydrogen-bond acceptors (Lipinski definition) is 4. The van der Waals surface area contributed by atoms with Crippen molar-refractivity contribution in [1.82, 2.24) is 14.5 Å². The molecule has 9 rings (SSSR count). The molecular weight excluding hydrogens is 647 g/mol. The molecule has 0 saturated carbocycles. The van der Waals surface area contributed by atoms with Gasteiger partial charge in [0.2, 0.25) is 0 Å². The van der Waals surface area contributed by atoms with Gasteiger partial charge in [-0.25, -0.2) is 0 Å². The van der Waals surface area contributed by atoms with Crippen LogP contribution in [0.4, 0.5) is 0 Å². The molecule has 4 bridgehead atoms. The van der Waals surface area contributed by atoms with E-state index >= 15 is 0 Å². The van der Waals surface area contributed by atoms with E-state index in [1.54, 1.807) is 0 Å². The number of para-hydroxylation sites is 2. The molecule has 0 spiro atoms. The second kappa shape index (κ2) is 13.3. The minimum Gasteiger partial charge on any atom is -0.374 e. The van der Waals surface area contributed by atoms with Gasteiger partial charge >= 0.3 is 0 Å². The number of ether oxygens (including phenoxy) is 2. The van der Waals surface area contributed by atoms with E-state index in [-0.39, 0.29) is 17.9 Å². The smallest absolute Gasteiger partial charge is 0.259 e. The summed E-state index contributed by atoms with van der Waals surface area (Å²) in [4.78, 5) is 27.1. The standard InChI is InChI=1S/C45H37N3O4/c49-43-41-37-28-47(39-22-12-10-20-35(37)39)25-24-34(51-27-26-48-29-38(42(41)44(50)46-43)36-21-11-13-23-40(36)48)30-52-45(31-14-4-1-5-15-31,32-16-6-2-7-17-32)33-18-8-3-9-19-33/h1-23,28-29,34H,24-27,30H2,(H,46,49,50)/t34-/m0/s1. The Morgan fingerprint density at radius 3 is 1.54 bits per heavy atom. The Balaban J connectivity index is 1.16. The lowest BCUT2D eigenvalue weighted by Gasteiger charge is -2.37. The third-order valence-corrected chi connectivity index (χ3v) is 10.5. The second-order valence-corrected chi connectivity index (χ2v) is 13.4. The highest BCUT2D eigenvalue weighted by Crippen LogP contribution is 2.42. The van der Waals surface area contributed by atoms with E-state index < -0.39 is 5.60 Å². The number of carbonyl (C=O) groups excluding carboxylic acids is 2. The van der Waals surface area contributed by atoms with Crippen LogP contribution in [-0.2, 0) is 37.8 Å². The van der Waals surface area contributed by atoms with Gasteiger partial charge in [0.25, 0.3) is 11.8 Å². The molecule has 0 aliphatic carbocycles. The molecule has 1 atom stereocenters. The second-order valence-electron chi connectivity index (χ2n) is 13.4. The van der Waals surface area contributed by atoms with Crippen LogP contribution in [0.15, 0.2) is 152 Å². The van der Waals surface area contributed by atoms with Crippen molar-refractivity contribution in [2.75, 3.05) is 13.2 Å². The lowest BCUT2D eigenvalue weighted by molar-refractivity contribution is -0.122. The van der Waals surface area contributed by atoms with Crippen LogP contribution in [0.1, 0.15) is 34.2 Å². The molecule has 7 nitrogen and oxygen atoms in total. The van der Waals surface area contributed by atoms with Gasteiger partial charge in [-0.15, -0.1) is 0 Å². The summed E-state index contributed by atoms with van der Waals surface area (Å²) in [6, 6.07) is 47.3. The zero-order chi connectivity index (χ0) is 35.1. The lowest BCUT2D eigenvalue weighted by Crippen LogP contribution is -2.37. The van der Waals surface area contributed by atoms with Crippen molar-refractivity contribution in [3.8, 4) is 0 Å². The Bertz CT molecular complexity index is 2370. The van der Waals surface area contributed by atoms with Gasteiger partial charge in [-0.2, -0.15) is 0 Å². The highest BCUT2D eigenvalue weighted by atomic mass is 16.5. The summed E-state index contributed by atoms with van der Waals surface area (Å²) >= 11 is 0. The normalized spacial score (nSPS) is 16.6. The quantitative estimate of drug-likeness (QED) is 0.143. The number of amides is 2. The van der Waals surface area contributed by atoms with Gasteiger partial charge in [0.05, 0.1) is 30.5 Å². The fourth-order valence-electron chi connectivity index (χ4n) is 8.03. The molecule has 5 aromatic carbocycles. The van der Waals surface area contributed by atoms with E-state index in [2.05, 4.69) is 93.3 Å². The molecule has 2 aliphatic rings. The fourth-order valence-corrected chi connectivity index (χ4v) is 8.03. The first-order valence-electron chi connectivity index (χ1n) is 17.8. The molecule has 0 fully saturated rings. The average molecular weight is 684 g/mol. The Morgan fingerprint density at radius 2 is 1.04 bits per heavy atom. The summed E-state index contributed by atoms with van der Waals surface area (Å²) in [5, 5.41) is 4.44. The van der Waals surface area contributed by atoms with Crippen molar-refractivity contribution in [2.45, 2.75) is 31.2 Å². The zero-order valence-corrected chi connectivity index (χ0v) is 28.6. The SMILES string of the molecule is O=C1NC(=O)C2=C1c1cn(c3ccccc13)CCO[C@H](COC(c1ccccc1)(c1ccccc1)c1ccccc1)CCn1cc2c2ccccc21. The topological polar surface area (TPSA) is 74.5 Å². The summed E-state index contributed by atoms with van der Waals surface area (Å²) in [6.07, 6.45) is 4.39. The lowest BCUT2D eigenvalue weighted by atomic mass is 9.80. The van der Waals surface area contributed by atoms with Crippen LogP contribution in [0.25, 0.3) is 33.0 Å². The third kappa shape index (κ3) is 5.37. The van der Waals surface area contributed by atoms with E-state index in [0.29, 0.717) is 43.9 Å². The minimum atomic E-state index is -0.879. The zero-order valence-electron chi connectivity index (χ0n) is 28.6. The van der Waals surface area contributed by atoms with Crippen LogP contribution in [0.2, 0.25) is 0 Å². The van der Waals surface area contributed by atoms with Crippen molar-refractivity contribution in [3.63, 3.8) is 0 Å². The van der Waals surface area contributed by atoms with Crippen LogP contribution in [0.3, 0.4) is 0 Å². The van der Waals surface area contributed by atoms with Crippen LogP contribution < -0.4 is 5.32 Å². The molecule has 2 aliphatic heterocycles. The number of benzene rings is 5. The number of imide groups is 1. The van der Waals surface area contributed by atoms with Crippen LogP contribution in [0.5, 0.6) is 0 Å². The van der Waals surface area contributed by atoms with E-state index in [1.807, 2.05) is 73.1 Å². The van der Waals surface area contributed by atoms with Crippen molar-refractivity contribution >= 4 is 44.8 Å². The number of aryl methyl sites for hydroxylation is 1. The van der Waals surface area contributed by atoms with Gasteiger partial charge in [-0.3, -0.25) is 14.9 Å². The van der Waals surface area contributed by atoms with E-state index in [9.17, 15) is 9.59 Å². The molecule has 2 aromatic heterocycles. The summed E-state index contributed by atoms with van der Waals surface area (Å²) < 4.78 is 18.4. The van der Waals surface area contributed by atoms with Crippen LogP contribution in [-0.4, -0.2) is 40.3 Å². The van der Waals surface area contributed by atoms with Gasteiger partial charge in [0.1, 0.15) is 5.60 Å². The third-order valence-electron chi connectivity index (χ3n) is 10.5. The Hall–Kier alpha value is -6.02. The minimum absolute atomic E-state index is 0.268. The molecule has 0 unspecified atom stereocenters. The fraction of sp³-hybridized carbons (Fsp3) is 0.156. The maximum absolute atomic E-state index is 13.6. The first kappa shape index (κ1) is 31.9. The number of hydrogen-bond donors (Lipinski definition) is 1. The number of fused-ring (bicyclic) bond motifs is 12. The molecule has 256 valence electrons. The van der Waals surface area contributed by atoms with E-state index in [4.69, 9.17) is 9.47 Å². The summed E-state index contributed by atoms with van der Waals surface area (Å²) in [5.74, 6) is -0.750. The Labute approximate surface area is 301 Å². The number of nitrogens with one attached hydrogen (secondary N) is 1. The van der Waals surface area contributed by atoms with Crippen LogP contribution in [0, 0.1) is 0 Å². The number of carbonyl (C=O) groups is 2. The molecule has 1 N–H and O–H groups in total. The molecule has 7 aromatic rings. The van der Waals surface area contributed by atoms with E-state index in [1.165, 1.54) is 0 Å². The molecule has 52 heavy (non-hydrogen) atoms. The highest BCUT2D eigenvalue weighted by molar-refractivity contribution is 6.50. The first-order valence-corrected chi connectivity index (χ1v) is 17.8. The maximum Gasteiger partial charge on any atom is 0.259 e. The predicted octanol–water partition coefficient (Wildman–Crippen LogP) is 7.96. The maximum atomic E-state index is 13.6. The number of nitrogens with zero attached hydrogens (tertiary/aromatic N) is 2. The van der Waals surface area contributed by atoms with E-state index in [0.717, 1.165) is 49.6 Å².